The highest BCUT2D eigenvalue weighted by atomic mass is 35.5. The van der Waals surface area contributed by atoms with Crippen LogP contribution in [0, 0.1) is 5.92 Å². The summed E-state index contributed by atoms with van der Waals surface area (Å²) in [4.78, 5) is 14.9. The van der Waals surface area contributed by atoms with Crippen molar-refractivity contribution in [2.24, 2.45) is 5.92 Å². The van der Waals surface area contributed by atoms with Gasteiger partial charge in [0, 0.05) is 22.6 Å². The van der Waals surface area contributed by atoms with Gasteiger partial charge < -0.3 is 16.0 Å². The lowest BCUT2D eigenvalue weighted by Gasteiger charge is -2.27. The van der Waals surface area contributed by atoms with E-state index in [4.69, 9.17) is 5.73 Å². The molecule has 0 unspecified atom stereocenters. The molecule has 3 aromatic rings. The average molecular weight is 422 g/mol. The maximum Gasteiger partial charge on any atom is 0.228 e. The first-order valence-corrected chi connectivity index (χ1v) is 8.94. The van der Waals surface area contributed by atoms with Gasteiger partial charge >= 0.3 is 0 Å². The van der Waals surface area contributed by atoms with Crippen LogP contribution in [0.5, 0.6) is 0 Å². The molecule has 1 saturated heterocycles. The number of fused-ring (bicyclic) bond motifs is 1. The fourth-order valence-corrected chi connectivity index (χ4v) is 3.53. The highest BCUT2D eigenvalue weighted by molar-refractivity contribution is 6.02. The first-order chi connectivity index (χ1) is 12.6. The van der Waals surface area contributed by atoms with E-state index >= 15 is 0 Å². The Bertz CT molecular complexity index is 951. The van der Waals surface area contributed by atoms with E-state index in [-0.39, 0.29) is 36.6 Å². The number of anilines is 2. The Balaban J connectivity index is 0.00000140. The predicted octanol–water partition coefficient (Wildman–Crippen LogP) is 3.94. The van der Waals surface area contributed by atoms with Crippen LogP contribution in [0.2, 0.25) is 0 Å². The average Bonchev–Trinajstić information content (AvgIpc) is 3.05. The van der Waals surface area contributed by atoms with E-state index in [0.717, 1.165) is 53.6 Å². The van der Waals surface area contributed by atoms with Gasteiger partial charge in [-0.2, -0.15) is 5.10 Å². The first kappa shape index (κ1) is 22.0. The van der Waals surface area contributed by atoms with Crippen LogP contribution in [-0.2, 0) is 4.79 Å². The van der Waals surface area contributed by atoms with Crippen molar-refractivity contribution in [1.29, 1.82) is 0 Å². The molecule has 6 nitrogen and oxygen atoms in total. The van der Waals surface area contributed by atoms with Crippen LogP contribution in [0.1, 0.15) is 12.8 Å². The van der Waals surface area contributed by atoms with Crippen LogP contribution < -0.4 is 11.1 Å². The number of nitrogens with zero attached hydrogens (tertiary/aromatic N) is 2. The number of halogens is 2. The molecule has 0 aliphatic carbocycles. The van der Waals surface area contributed by atoms with Gasteiger partial charge in [0.05, 0.1) is 5.52 Å². The third-order valence-electron chi connectivity index (χ3n) is 5.17. The zero-order valence-corrected chi connectivity index (χ0v) is 17.3. The predicted molar refractivity (Wildman–Crippen MR) is 119 cm³/mol. The van der Waals surface area contributed by atoms with E-state index in [2.05, 4.69) is 27.5 Å². The Morgan fingerprint density at radius 3 is 2.61 bits per heavy atom. The van der Waals surface area contributed by atoms with Crippen molar-refractivity contribution < 1.29 is 4.79 Å². The van der Waals surface area contributed by atoms with Crippen molar-refractivity contribution in [1.82, 2.24) is 15.1 Å². The molecule has 2 aromatic carbocycles. The third kappa shape index (κ3) is 4.41. The zero-order valence-electron chi connectivity index (χ0n) is 15.6. The maximum absolute atomic E-state index is 12.6. The van der Waals surface area contributed by atoms with Crippen LogP contribution in [0.4, 0.5) is 11.5 Å². The number of nitrogens with two attached hydrogens (primary N) is 1. The Kier molecular flexibility index (Phi) is 7.29. The minimum Gasteiger partial charge on any atom is -0.398 e. The number of nitrogen functional groups attached to an aromatic ring is 1. The molecule has 28 heavy (non-hydrogen) atoms. The van der Waals surface area contributed by atoms with Gasteiger partial charge in [0.1, 0.15) is 0 Å². The van der Waals surface area contributed by atoms with Crippen molar-refractivity contribution in [3.05, 3.63) is 42.5 Å². The minimum atomic E-state index is 0. The van der Waals surface area contributed by atoms with Gasteiger partial charge in [0.2, 0.25) is 5.91 Å². The summed E-state index contributed by atoms with van der Waals surface area (Å²) >= 11 is 0. The standard InChI is InChI=1S/C20H23N5O.2ClH/c1-25-10-8-13(9-11-25)20(26)22-19-16-12-14(6-7-18(16)23-24-19)15-4-2-3-5-17(15)21;;/h2-7,12-13H,8-11,21H2,1H3,(H2,22,23,24,26);2*1H. The van der Waals surface area contributed by atoms with Crippen molar-refractivity contribution in [3.8, 4) is 11.1 Å². The number of carbonyl (C=O) groups excluding carboxylic acids is 1. The monoisotopic (exact) mass is 421 g/mol. The number of nitrogens with one attached hydrogen (secondary N) is 2. The number of likely N-dealkylation sites (tertiary alicyclic amines) is 1. The number of carbonyl (C=O) groups is 1. The second kappa shape index (κ2) is 9.28. The molecule has 4 rings (SSSR count). The Morgan fingerprint density at radius 2 is 1.89 bits per heavy atom. The van der Waals surface area contributed by atoms with Crippen molar-refractivity contribution >= 4 is 53.1 Å². The molecule has 4 N–H and O–H groups in total. The second-order valence-electron chi connectivity index (χ2n) is 6.99. The lowest BCUT2D eigenvalue weighted by molar-refractivity contribution is -0.121. The van der Waals surface area contributed by atoms with E-state index in [0.29, 0.717) is 5.82 Å². The number of para-hydroxylation sites is 1. The number of rotatable bonds is 3. The molecule has 8 heteroatoms. The van der Waals surface area contributed by atoms with Gasteiger partial charge in [-0.25, -0.2) is 0 Å². The zero-order chi connectivity index (χ0) is 18.1. The van der Waals surface area contributed by atoms with Gasteiger partial charge in [0.15, 0.2) is 5.82 Å². The van der Waals surface area contributed by atoms with Crippen LogP contribution in [0.15, 0.2) is 42.5 Å². The molecule has 0 radical (unpaired) electrons. The molecule has 2 heterocycles. The number of hydrogen-bond donors (Lipinski definition) is 3. The summed E-state index contributed by atoms with van der Waals surface area (Å²) in [5, 5.41) is 11.2. The van der Waals surface area contributed by atoms with Crippen molar-refractivity contribution in [2.45, 2.75) is 12.8 Å². The number of H-pyrrole nitrogens is 1. The summed E-state index contributed by atoms with van der Waals surface area (Å²) in [5.41, 5.74) is 9.70. The maximum atomic E-state index is 12.6. The highest BCUT2D eigenvalue weighted by Crippen LogP contribution is 2.31. The summed E-state index contributed by atoms with van der Waals surface area (Å²) < 4.78 is 0. The van der Waals surface area contributed by atoms with Gasteiger partial charge in [-0.05, 0) is 56.7 Å². The van der Waals surface area contributed by atoms with Crippen molar-refractivity contribution in [2.75, 3.05) is 31.2 Å². The third-order valence-corrected chi connectivity index (χ3v) is 5.17. The lowest BCUT2D eigenvalue weighted by Crippen LogP contribution is -2.36. The second-order valence-corrected chi connectivity index (χ2v) is 6.99. The summed E-state index contributed by atoms with van der Waals surface area (Å²) in [5.74, 6) is 0.683. The largest absolute Gasteiger partial charge is 0.398 e. The number of aromatic nitrogens is 2. The quantitative estimate of drug-likeness (QED) is 0.558. The Morgan fingerprint density at radius 1 is 1.18 bits per heavy atom. The molecule has 1 amide bonds. The van der Waals surface area contributed by atoms with Gasteiger partial charge in [-0.1, -0.05) is 24.3 Å². The lowest BCUT2D eigenvalue weighted by atomic mass is 9.96. The minimum absolute atomic E-state index is 0. The topological polar surface area (TPSA) is 87.0 Å². The van der Waals surface area contributed by atoms with E-state index < -0.39 is 0 Å². The SMILES string of the molecule is CN1CCC(C(=O)Nc2n[nH]c3ccc(-c4ccccc4N)cc23)CC1.Cl.Cl. The fourth-order valence-electron chi connectivity index (χ4n) is 3.53. The smallest absolute Gasteiger partial charge is 0.228 e. The summed E-state index contributed by atoms with van der Waals surface area (Å²) in [6.07, 6.45) is 1.77. The Labute approximate surface area is 176 Å². The molecule has 0 spiro atoms. The number of piperidine rings is 1. The molecule has 0 atom stereocenters. The van der Waals surface area contributed by atoms with Crippen LogP contribution >= 0.6 is 24.8 Å². The fraction of sp³-hybridized carbons (Fsp3) is 0.300. The number of aromatic amines is 1. The van der Waals surface area contributed by atoms with Crippen LogP contribution in [0.25, 0.3) is 22.0 Å². The summed E-state index contributed by atoms with van der Waals surface area (Å²) in [6.45, 7) is 1.91. The number of benzene rings is 2. The van der Waals surface area contributed by atoms with E-state index in [1.54, 1.807) is 0 Å². The van der Waals surface area contributed by atoms with Crippen LogP contribution in [0.3, 0.4) is 0 Å². The van der Waals surface area contributed by atoms with Gasteiger partial charge in [-0.3, -0.25) is 9.89 Å². The summed E-state index contributed by atoms with van der Waals surface area (Å²) in [6, 6.07) is 13.8. The van der Waals surface area contributed by atoms with Gasteiger partial charge in [0.25, 0.3) is 0 Å². The van der Waals surface area contributed by atoms with E-state index in [9.17, 15) is 4.79 Å². The number of hydrogen-bond acceptors (Lipinski definition) is 4. The molecule has 0 bridgehead atoms. The molecule has 1 aliphatic rings. The molecular weight excluding hydrogens is 397 g/mol. The molecule has 1 aliphatic heterocycles. The highest BCUT2D eigenvalue weighted by Gasteiger charge is 2.24. The van der Waals surface area contributed by atoms with E-state index in [1.165, 1.54) is 0 Å². The molecule has 0 saturated carbocycles. The van der Waals surface area contributed by atoms with Gasteiger partial charge in [-0.15, -0.1) is 24.8 Å². The van der Waals surface area contributed by atoms with Crippen LogP contribution in [-0.4, -0.2) is 41.1 Å². The molecule has 1 fully saturated rings. The molecule has 1 aromatic heterocycles. The molecule has 150 valence electrons. The molecular formula is C20H25Cl2N5O. The number of amides is 1. The Hall–Kier alpha value is -2.28. The first-order valence-electron chi connectivity index (χ1n) is 8.94. The summed E-state index contributed by atoms with van der Waals surface area (Å²) in [7, 11) is 2.09. The normalized spacial score (nSPS) is 14.9. The van der Waals surface area contributed by atoms with Crippen molar-refractivity contribution in [3.63, 3.8) is 0 Å². The van der Waals surface area contributed by atoms with E-state index in [1.807, 2.05) is 42.5 Å².